The average molecular weight is 537 g/mol. The maximum atomic E-state index is 15.2. The Morgan fingerprint density at radius 2 is 1.32 bits per heavy atom. The van der Waals surface area contributed by atoms with Crippen LogP contribution in [0.5, 0.6) is 0 Å². The molecule has 2 unspecified atom stereocenters. The molecule has 0 saturated heterocycles. The Kier molecular flexibility index (Phi) is 10.3. The lowest BCUT2D eigenvalue weighted by Gasteiger charge is -2.32. The minimum absolute atomic E-state index is 0.0859. The van der Waals surface area contributed by atoms with Crippen molar-refractivity contribution in [2.45, 2.75) is 128 Å². The second-order valence-electron chi connectivity index (χ2n) is 12.0. The highest BCUT2D eigenvalue weighted by Crippen LogP contribution is 2.43. The molecule has 2 atom stereocenters. The van der Waals surface area contributed by atoms with Gasteiger partial charge in [0.05, 0.1) is 0 Å². The van der Waals surface area contributed by atoms with E-state index in [1.54, 1.807) is 12.1 Å². The number of rotatable bonds is 9. The van der Waals surface area contributed by atoms with E-state index in [1.165, 1.54) is 12.8 Å². The van der Waals surface area contributed by atoms with Crippen LogP contribution in [0.25, 0.3) is 0 Å². The number of unbranched alkanes of at least 4 members (excludes halogenated alkanes) is 1. The third-order valence-electron chi connectivity index (χ3n) is 9.41. The predicted molar refractivity (Wildman–Crippen MR) is 142 cm³/mol. The summed E-state index contributed by atoms with van der Waals surface area (Å²) in [6.07, 6.45) is 11.1. The van der Waals surface area contributed by atoms with Crippen molar-refractivity contribution in [3.63, 3.8) is 0 Å². The van der Waals surface area contributed by atoms with Crippen LogP contribution in [0.1, 0.15) is 133 Å². The molecule has 1 aromatic rings. The fraction of sp³-hybridized carbons (Fsp3) is 0.719. The van der Waals surface area contributed by atoms with Gasteiger partial charge in [-0.25, -0.2) is 17.6 Å². The summed E-state index contributed by atoms with van der Waals surface area (Å²) in [4.78, 5) is 12.7. The maximum Gasteiger partial charge on any atom is 0.316 e. The van der Waals surface area contributed by atoms with E-state index in [2.05, 4.69) is 6.92 Å². The number of carbonyl (C=O) groups excluding carboxylic acids is 1. The second-order valence-corrected chi connectivity index (χ2v) is 12.0. The second kappa shape index (κ2) is 13.5. The number of benzene rings is 1. The van der Waals surface area contributed by atoms with Gasteiger partial charge in [-0.2, -0.15) is 0 Å². The topological polar surface area (TPSA) is 26.3 Å². The fourth-order valence-electron chi connectivity index (χ4n) is 7.04. The summed E-state index contributed by atoms with van der Waals surface area (Å²) < 4.78 is 65.1. The zero-order valence-electron chi connectivity index (χ0n) is 23.1. The van der Waals surface area contributed by atoms with Gasteiger partial charge in [0, 0.05) is 5.92 Å². The van der Waals surface area contributed by atoms with Crippen LogP contribution in [0.2, 0.25) is 0 Å². The molecule has 0 amide bonds. The monoisotopic (exact) mass is 536 g/mol. The molecule has 38 heavy (non-hydrogen) atoms. The molecule has 0 spiro atoms. The highest BCUT2D eigenvalue weighted by atomic mass is 19.2. The van der Waals surface area contributed by atoms with Gasteiger partial charge >= 0.3 is 5.97 Å². The van der Waals surface area contributed by atoms with Crippen LogP contribution >= 0.6 is 0 Å². The lowest BCUT2D eigenvalue weighted by Crippen LogP contribution is -2.30. The molecule has 4 rings (SSSR count). The standard InChI is InChI=1S/C32H44F4O2/c1-3-5-7-23-14-17-27(31(36)28(23)33)32(37)38-24-15-12-22(13-16-24)26-19-18-25(29(34)30(26)35)21-10-8-20(6-4-2)9-11-21/h18-24,27H,3-17H2,1-2H3. The Morgan fingerprint density at radius 1 is 0.737 bits per heavy atom. The van der Waals surface area contributed by atoms with Crippen LogP contribution < -0.4 is 0 Å². The first-order chi connectivity index (χ1) is 18.3. The zero-order valence-corrected chi connectivity index (χ0v) is 23.1. The average Bonchev–Trinajstić information content (AvgIpc) is 2.92. The largest absolute Gasteiger partial charge is 0.462 e. The summed E-state index contributed by atoms with van der Waals surface area (Å²) in [5.41, 5.74) is 0.910. The smallest absolute Gasteiger partial charge is 0.316 e. The third-order valence-corrected chi connectivity index (χ3v) is 9.41. The molecule has 0 aliphatic heterocycles. The van der Waals surface area contributed by atoms with Crippen molar-refractivity contribution in [1.82, 2.24) is 0 Å². The van der Waals surface area contributed by atoms with E-state index in [-0.39, 0.29) is 18.3 Å². The SMILES string of the molecule is CCCCC1CCC(C(=O)OC2CCC(c3ccc(C4CCC(CCC)CC4)c(F)c3F)CC2)C(F)=C1F. The summed E-state index contributed by atoms with van der Waals surface area (Å²) >= 11 is 0. The van der Waals surface area contributed by atoms with Crippen LogP contribution in [0.15, 0.2) is 23.8 Å². The predicted octanol–water partition coefficient (Wildman–Crippen LogP) is 9.98. The Morgan fingerprint density at radius 3 is 1.87 bits per heavy atom. The quantitative estimate of drug-likeness (QED) is 0.232. The van der Waals surface area contributed by atoms with E-state index < -0.39 is 47.2 Å². The number of halogens is 4. The van der Waals surface area contributed by atoms with Crippen LogP contribution in [0.3, 0.4) is 0 Å². The lowest BCUT2D eigenvalue weighted by atomic mass is 9.76. The number of esters is 1. The molecule has 0 heterocycles. The van der Waals surface area contributed by atoms with E-state index in [0.29, 0.717) is 55.6 Å². The van der Waals surface area contributed by atoms with Crippen molar-refractivity contribution >= 4 is 5.97 Å². The first-order valence-electron chi connectivity index (χ1n) is 15.1. The minimum Gasteiger partial charge on any atom is -0.462 e. The minimum atomic E-state index is -1.17. The van der Waals surface area contributed by atoms with Gasteiger partial charge < -0.3 is 4.74 Å². The van der Waals surface area contributed by atoms with Crippen LogP contribution in [0, 0.1) is 29.4 Å². The van der Waals surface area contributed by atoms with Crippen LogP contribution in [0.4, 0.5) is 17.6 Å². The van der Waals surface area contributed by atoms with Crippen molar-refractivity contribution in [2.24, 2.45) is 17.8 Å². The molecule has 3 aliphatic carbocycles. The molecule has 0 N–H and O–H groups in total. The van der Waals surface area contributed by atoms with Gasteiger partial charge in [0.25, 0.3) is 0 Å². The van der Waals surface area contributed by atoms with E-state index in [4.69, 9.17) is 4.74 Å². The molecular formula is C32H44F4O2. The van der Waals surface area contributed by atoms with Crippen molar-refractivity contribution in [3.05, 3.63) is 46.5 Å². The van der Waals surface area contributed by atoms with Crippen LogP contribution in [-0.4, -0.2) is 12.1 Å². The Labute approximate surface area is 225 Å². The van der Waals surface area contributed by atoms with E-state index in [1.807, 2.05) is 6.92 Å². The molecular weight excluding hydrogens is 492 g/mol. The normalized spacial score (nSPS) is 30.4. The molecule has 2 nitrogen and oxygen atoms in total. The van der Waals surface area contributed by atoms with Gasteiger partial charge in [-0.3, -0.25) is 4.79 Å². The molecule has 0 radical (unpaired) electrons. The van der Waals surface area contributed by atoms with E-state index >= 15 is 8.78 Å². The summed E-state index contributed by atoms with van der Waals surface area (Å²) in [7, 11) is 0. The maximum absolute atomic E-state index is 15.2. The van der Waals surface area contributed by atoms with Crippen molar-refractivity contribution in [1.29, 1.82) is 0 Å². The van der Waals surface area contributed by atoms with E-state index in [0.717, 1.165) is 38.5 Å². The number of hydrogen-bond acceptors (Lipinski definition) is 2. The van der Waals surface area contributed by atoms with Gasteiger partial charge in [0.15, 0.2) is 11.6 Å². The molecule has 6 heteroatoms. The summed E-state index contributed by atoms with van der Waals surface area (Å²) in [6.45, 7) is 4.20. The van der Waals surface area contributed by atoms with Gasteiger partial charge in [0.2, 0.25) is 0 Å². The highest BCUT2D eigenvalue weighted by Gasteiger charge is 2.38. The first-order valence-corrected chi connectivity index (χ1v) is 15.1. The number of allylic oxidation sites excluding steroid dienone is 1. The first kappa shape index (κ1) is 29.1. The number of carbonyl (C=O) groups is 1. The molecule has 0 bridgehead atoms. The Bertz CT molecular complexity index is 974. The molecule has 1 aromatic carbocycles. The summed E-state index contributed by atoms with van der Waals surface area (Å²) in [5, 5.41) is 0. The lowest BCUT2D eigenvalue weighted by molar-refractivity contribution is -0.155. The van der Waals surface area contributed by atoms with Gasteiger partial charge in [0.1, 0.15) is 23.7 Å². The Balaban J connectivity index is 1.31. The number of ether oxygens (including phenoxy) is 1. The number of hydrogen-bond donors (Lipinski definition) is 0. The zero-order chi connectivity index (χ0) is 27.2. The highest BCUT2D eigenvalue weighted by molar-refractivity contribution is 5.75. The van der Waals surface area contributed by atoms with Crippen molar-refractivity contribution in [2.75, 3.05) is 0 Å². The summed E-state index contributed by atoms with van der Waals surface area (Å²) in [5.74, 6) is -4.84. The van der Waals surface area contributed by atoms with Crippen LogP contribution in [-0.2, 0) is 9.53 Å². The molecule has 0 aromatic heterocycles. The molecule has 2 fully saturated rings. The Hall–Kier alpha value is -1.85. The van der Waals surface area contributed by atoms with Gasteiger partial charge in [-0.1, -0.05) is 51.7 Å². The van der Waals surface area contributed by atoms with Crippen molar-refractivity contribution in [3.8, 4) is 0 Å². The fourth-order valence-corrected chi connectivity index (χ4v) is 7.04. The summed E-state index contributed by atoms with van der Waals surface area (Å²) in [6, 6.07) is 3.54. The van der Waals surface area contributed by atoms with Crippen molar-refractivity contribution < 1.29 is 27.1 Å². The van der Waals surface area contributed by atoms with Gasteiger partial charge in [-0.15, -0.1) is 0 Å². The van der Waals surface area contributed by atoms with Gasteiger partial charge in [-0.05, 0) is 99.5 Å². The third kappa shape index (κ3) is 6.65. The van der Waals surface area contributed by atoms with E-state index in [9.17, 15) is 13.6 Å². The molecule has 3 aliphatic rings. The molecule has 212 valence electrons. The molecule has 2 saturated carbocycles.